The quantitative estimate of drug-likeness (QED) is 0.389. The molecule has 158 valence electrons. The van der Waals surface area contributed by atoms with Crippen LogP contribution in [0.2, 0.25) is 0 Å². The molecule has 0 radical (unpaired) electrons. The van der Waals surface area contributed by atoms with E-state index in [2.05, 4.69) is 46.3 Å². The monoisotopic (exact) mass is 509 g/mol. The van der Waals surface area contributed by atoms with Crippen molar-refractivity contribution in [1.82, 2.24) is 15.2 Å². The molecule has 2 fully saturated rings. The first-order valence-electron chi connectivity index (χ1n) is 10.3. The molecule has 0 aliphatic carbocycles. The van der Waals surface area contributed by atoms with Crippen molar-refractivity contribution in [2.45, 2.75) is 26.3 Å². The molecule has 1 aromatic carbocycles. The van der Waals surface area contributed by atoms with Crippen molar-refractivity contribution >= 4 is 46.7 Å². The molecule has 29 heavy (non-hydrogen) atoms. The number of aromatic nitrogens is 1. The van der Waals surface area contributed by atoms with Crippen molar-refractivity contribution in [2.24, 2.45) is 10.4 Å². The van der Waals surface area contributed by atoms with Crippen LogP contribution in [0.1, 0.15) is 25.3 Å². The molecule has 0 bridgehead atoms. The first-order valence-corrected chi connectivity index (χ1v) is 10.3. The van der Waals surface area contributed by atoms with E-state index in [1.165, 1.54) is 23.8 Å². The van der Waals surface area contributed by atoms with E-state index in [9.17, 15) is 0 Å². The number of benzene rings is 1. The number of nitrogens with zero attached hydrogens (tertiary/aromatic N) is 4. The Morgan fingerprint density at radius 2 is 2.14 bits per heavy atom. The van der Waals surface area contributed by atoms with Gasteiger partial charge in [0.1, 0.15) is 5.82 Å². The van der Waals surface area contributed by atoms with E-state index in [1.54, 1.807) is 0 Å². The lowest BCUT2D eigenvalue weighted by molar-refractivity contribution is 0.156. The second-order valence-corrected chi connectivity index (χ2v) is 8.20. The molecule has 1 N–H and O–H groups in total. The van der Waals surface area contributed by atoms with Gasteiger partial charge in [0.05, 0.1) is 18.7 Å². The number of halogens is 1. The summed E-state index contributed by atoms with van der Waals surface area (Å²) >= 11 is 0. The van der Waals surface area contributed by atoms with Crippen molar-refractivity contribution in [3.8, 4) is 0 Å². The molecular weight excluding hydrogens is 477 g/mol. The summed E-state index contributed by atoms with van der Waals surface area (Å²) in [4.78, 5) is 14.2. The Morgan fingerprint density at radius 1 is 1.31 bits per heavy atom. The molecule has 6 nitrogen and oxygen atoms in total. The summed E-state index contributed by atoms with van der Waals surface area (Å²) in [7, 11) is 4.06. The van der Waals surface area contributed by atoms with Gasteiger partial charge in [0.2, 0.25) is 0 Å². The first-order chi connectivity index (χ1) is 13.6. The summed E-state index contributed by atoms with van der Waals surface area (Å²) in [6.07, 6.45) is 2.37. The second kappa shape index (κ2) is 9.47. The van der Waals surface area contributed by atoms with Gasteiger partial charge >= 0.3 is 0 Å². The zero-order valence-electron chi connectivity index (χ0n) is 17.6. The Hall–Kier alpha value is -1.61. The van der Waals surface area contributed by atoms with Crippen molar-refractivity contribution in [3.05, 3.63) is 35.9 Å². The van der Waals surface area contributed by atoms with Gasteiger partial charge in [-0.3, -0.25) is 0 Å². The lowest BCUT2D eigenvalue weighted by Gasteiger charge is -2.25. The average Bonchev–Trinajstić information content (AvgIpc) is 3.34. The van der Waals surface area contributed by atoms with Crippen LogP contribution in [-0.4, -0.2) is 62.8 Å². The molecule has 7 heteroatoms. The standard InChI is InChI=1S/C22H31N5O.HI/c1-4-23-21(27-11-9-22(15-27)10-12-28-16-22)24-14-17-13-20(26(2)3)25-19-8-6-5-7-18(17)19;/h5-8,13H,4,9-12,14-16H2,1-3H3,(H,23,24);1H. The van der Waals surface area contributed by atoms with Crippen LogP contribution >= 0.6 is 24.0 Å². The minimum atomic E-state index is 0. The summed E-state index contributed by atoms with van der Waals surface area (Å²) in [5.41, 5.74) is 2.56. The van der Waals surface area contributed by atoms with Gasteiger partial charge in [-0.05, 0) is 37.5 Å². The molecule has 2 aliphatic rings. The zero-order valence-corrected chi connectivity index (χ0v) is 20.0. The van der Waals surface area contributed by atoms with Gasteiger partial charge in [0, 0.05) is 51.1 Å². The van der Waals surface area contributed by atoms with E-state index < -0.39 is 0 Å². The summed E-state index contributed by atoms with van der Waals surface area (Å²) in [5.74, 6) is 1.98. The van der Waals surface area contributed by atoms with E-state index in [0.29, 0.717) is 12.0 Å². The third-order valence-electron chi connectivity index (χ3n) is 5.90. The van der Waals surface area contributed by atoms with Crippen LogP contribution in [0.3, 0.4) is 0 Å². The number of fused-ring (bicyclic) bond motifs is 1. The van der Waals surface area contributed by atoms with Gasteiger partial charge < -0.3 is 19.9 Å². The highest BCUT2D eigenvalue weighted by atomic mass is 127. The fourth-order valence-corrected chi connectivity index (χ4v) is 4.27. The molecule has 1 aromatic heterocycles. The second-order valence-electron chi connectivity index (χ2n) is 8.20. The zero-order chi connectivity index (χ0) is 19.6. The van der Waals surface area contributed by atoms with Gasteiger partial charge in [-0.1, -0.05) is 18.2 Å². The Labute approximate surface area is 190 Å². The number of pyridine rings is 1. The lowest BCUT2D eigenvalue weighted by Crippen LogP contribution is -2.41. The number of rotatable bonds is 4. The van der Waals surface area contributed by atoms with Gasteiger partial charge in [0.25, 0.3) is 0 Å². The number of hydrogen-bond acceptors (Lipinski definition) is 4. The largest absolute Gasteiger partial charge is 0.381 e. The molecule has 2 aliphatic heterocycles. The van der Waals surface area contributed by atoms with Crippen molar-refractivity contribution in [2.75, 3.05) is 51.8 Å². The topological polar surface area (TPSA) is 53.0 Å². The Kier molecular flexibility index (Phi) is 7.21. The van der Waals surface area contributed by atoms with Crippen LogP contribution in [0.5, 0.6) is 0 Å². The highest BCUT2D eigenvalue weighted by Crippen LogP contribution is 2.38. The molecule has 2 saturated heterocycles. The maximum Gasteiger partial charge on any atom is 0.194 e. The van der Waals surface area contributed by atoms with E-state index in [0.717, 1.165) is 50.1 Å². The third kappa shape index (κ3) is 4.77. The van der Waals surface area contributed by atoms with Crippen LogP contribution in [0, 0.1) is 5.41 Å². The molecule has 1 unspecified atom stereocenters. The number of likely N-dealkylation sites (tertiary alicyclic amines) is 1. The molecule has 2 aromatic rings. The number of aliphatic imine (C=N–C) groups is 1. The molecule has 1 atom stereocenters. The lowest BCUT2D eigenvalue weighted by atomic mass is 9.87. The molecular formula is C22H32IN5O. The predicted molar refractivity (Wildman–Crippen MR) is 130 cm³/mol. The van der Waals surface area contributed by atoms with Crippen molar-refractivity contribution in [1.29, 1.82) is 0 Å². The van der Waals surface area contributed by atoms with E-state index >= 15 is 0 Å². The maximum atomic E-state index is 5.68. The number of anilines is 1. The van der Waals surface area contributed by atoms with Crippen LogP contribution in [0.25, 0.3) is 10.9 Å². The molecule has 4 rings (SSSR count). The van der Waals surface area contributed by atoms with Crippen molar-refractivity contribution in [3.63, 3.8) is 0 Å². The summed E-state index contributed by atoms with van der Waals surface area (Å²) in [6, 6.07) is 10.5. The fourth-order valence-electron chi connectivity index (χ4n) is 4.27. The minimum Gasteiger partial charge on any atom is -0.381 e. The number of hydrogen-bond donors (Lipinski definition) is 1. The summed E-state index contributed by atoms with van der Waals surface area (Å²) in [5, 5.41) is 4.67. The van der Waals surface area contributed by atoms with Gasteiger partial charge in [-0.15, -0.1) is 24.0 Å². The number of guanidine groups is 1. The summed E-state index contributed by atoms with van der Waals surface area (Å²) in [6.45, 7) is 7.53. The molecule has 1 spiro atoms. The van der Waals surface area contributed by atoms with Crippen LogP contribution in [0.4, 0.5) is 5.82 Å². The SMILES string of the molecule is CCNC(=NCc1cc(N(C)C)nc2ccccc12)N1CCC2(CCOC2)C1.I. The summed E-state index contributed by atoms with van der Waals surface area (Å²) < 4.78 is 5.68. The Bertz CT molecular complexity index is 863. The van der Waals surface area contributed by atoms with E-state index in [4.69, 9.17) is 14.7 Å². The highest BCUT2D eigenvalue weighted by Gasteiger charge is 2.42. The minimum absolute atomic E-state index is 0. The number of nitrogens with one attached hydrogen (secondary N) is 1. The third-order valence-corrected chi connectivity index (χ3v) is 5.90. The van der Waals surface area contributed by atoms with Crippen LogP contribution in [0.15, 0.2) is 35.3 Å². The van der Waals surface area contributed by atoms with Gasteiger partial charge in [-0.25, -0.2) is 9.98 Å². The van der Waals surface area contributed by atoms with Gasteiger partial charge in [0.15, 0.2) is 5.96 Å². The highest BCUT2D eigenvalue weighted by molar-refractivity contribution is 14.0. The Morgan fingerprint density at radius 3 is 2.86 bits per heavy atom. The first kappa shape index (κ1) is 22.1. The number of ether oxygens (including phenoxy) is 1. The smallest absolute Gasteiger partial charge is 0.194 e. The number of para-hydroxylation sites is 1. The van der Waals surface area contributed by atoms with E-state index in [-0.39, 0.29) is 24.0 Å². The average molecular weight is 509 g/mol. The molecule has 3 heterocycles. The predicted octanol–water partition coefficient (Wildman–Crippen LogP) is 3.50. The van der Waals surface area contributed by atoms with Gasteiger partial charge in [-0.2, -0.15) is 0 Å². The fraction of sp³-hybridized carbons (Fsp3) is 0.545. The normalized spacial score (nSPS) is 21.6. The molecule has 0 saturated carbocycles. The van der Waals surface area contributed by atoms with Crippen LogP contribution in [-0.2, 0) is 11.3 Å². The maximum absolute atomic E-state index is 5.68. The van der Waals surface area contributed by atoms with Crippen LogP contribution < -0.4 is 10.2 Å². The van der Waals surface area contributed by atoms with E-state index in [1.807, 2.05) is 20.2 Å². The van der Waals surface area contributed by atoms with Crippen molar-refractivity contribution < 1.29 is 4.74 Å². The Balaban J connectivity index is 0.00000240. The molecule has 0 amide bonds.